The van der Waals surface area contributed by atoms with Gasteiger partial charge < -0.3 is 0 Å². The van der Waals surface area contributed by atoms with Gasteiger partial charge in [-0.3, -0.25) is 0 Å². The second kappa shape index (κ2) is 7.83. The molecule has 84 valence electrons. The molecule has 0 saturated carbocycles. The monoisotopic (exact) mass is 610 g/mol. The van der Waals surface area contributed by atoms with Crippen LogP contribution in [-0.4, -0.2) is 30.8 Å². The normalized spacial score (nSPS) is 24.2. The van der Waals surface area contributed by atoms with Gasteiger partial charge >= 0.3 is 118 Å². The van der Waals surface area contributed by atoms with E-state index in [-0.39, 0.29) is 17.6 Å². The zero-order valence-electron chi connectivity index (χ0n) is 8.74. The molecular formula is C6H10Hg2N2O6. The van der Waals surface area contributed by atoms with Gasteiger partial charge in [0.25, 0.3) is 0 Å². The summed E-state index contributed by atoms with van der Waals surface area (Å²) in [6, 6.07) is 0. The summed E-state index contributed by atoms with van der Waals surface area (Å²) in [5.41, 5.74) is 0. The number of ether oxygens (including phenoxy) is 2. The van der Waals surface area contributed by atoms with Crippen LogP contribution in [0.15, 0.2) is 0 Å². The van der Waals surface area contributed by atoms with Crippen molar-refractivity contribution >= 4 is 0 Å². The number of nitro groups is 2. The Labute approximate surface area is 117 Å². The average Bonchev–Trinajstić information content (AvgIpc) is 2.25. The molecule has 2 atom stereocenters. The molecule has 10 heteroatoms. The third-order valence-electron chi connectivity index (χ3n) is 2.30. The van der Waals surface area contributed by atoms with Crippen LogP contribution in [-0.2, 0) is 59.2 Å². The molecule has 0 spiro atoms. The summed E-state index contributed by atoms with van der Waals surface area (Å²) >= 11 is -4.06. The third kappa shape index (κ3) is 6.36. The fourth-order valence-electron chi connectivity index (χ4n) is 1.42. The Morgan fingerprint density at radius 1 is 1.00 bits per heavy atom. The fourth-order valence-corrected chi connectivity index (χ4v) is 7.88. The zero-order chi connectivity index (χ0) is 12.0. The van der Waals surface area contributed by atoms with Crippen molar-refractivity contribution < 1.29 is 64.6 Å². The molecule has 0 aromatic carbocycles. The molecule has 2 unspecified atom stereocenters. The maximum atomic E-state index is 10.2. The zero-order valence-corrected chi connectivity index (χ0v) is 19.7. The van der Waals surface area contributed by atoms with Gasteiger partial charge in [0, 0.05) is 0 Å². The summed E-state index contributed by atoms with van der Waals surface area (Å²) in [6.45, 7) is 0.730. The van der Waals surface area contributed by atoms with E-state index >= 15 is 0 Å². The van der Waals surface area contributed by atoms with Crippen LogP contribution in [0.2, 0.25) is 7.86 Å². The Kier molecular flexibility index (Phi) is 7.17. The van der Waals surface area contributed by atoms with Crippen LogP contribution in [0.5, 0.6) is 0 Å². The number of hydrogen-bond acceptors (Lipinski definition) is 6. The maximum absolute atomic E-state index is 10.2. The summed E-state index contributed by atoms with van der Waals surface area (Å²) < 4.78 is 11.6. The van der Waals surface area contributed by atoms with Crippen molar-refractivity contribution in [2.45, 2.75) is 20.1 Å². The van der Waals surface area contributed by atoms with Crippen LogP contribution in [0, 0.1) is 20.2 Å². The van der Waals surface area contributed by atoms with Crippen LogP contribution in [0.4, 0.5) is 0 Å². The van der Waals surface area contributed by atoms with Gasteiger partial charge in [-0.25, -0.2) is 0 Å². The molecule has 0 aromatic heterocycles. The molecule has 0 bridgehead atoms. The number of nitrogens with zero attached hydrogens (tertiary/aromatic N) is 2. The van der Waals surface area contributed by atoms with Crippen LogP contribution < -0.4 is 0 Å². The number of rotatable bonds is 6. The topological polar surface area (TPSA) is 105 Å². The minimum atomic E-state index is -2.03. The van der Waals surface area contributed by atoms with Gasteiger partial charge in [0.2, 0.25) is 0 Å². The van der Waals surface area contributed by atoms with Gasteiger partial charge in [0.1, 0.15) is 0 Å². The molecule has 0 aliphatic carbocycles. The van der Waals surface area contributed by atoms with Crippen LogP contribution in [0.1, 0.15) is 0 Å². The second-order valence-corrected chi connectivity index (χ2v) is 15.6. The Balaban J connectivity index is 2.13. The van der Waals surface area contributed by atoms with Crippen molar-refractivity contribution in [3.8, 4) is 0 Å². The van der Waals surface area contributed by atoms with Crippen molar-refractivity contribution in [2.75, 3.05) is 13.2 Å². The average molecular weight is 607 g/mol. The van der Waals surface area contributed by atoms with Gasteiger partial charge in [-0.2, -0.15) is 0 Å². The molecule has 8 nitrogen and oxygen atoms in total. The molecule has 0 amide bonds. The molecule has 0 N–H and O–H groups in total. The quantitative estimate of drug-likeness (QED) is 0.242. The van der Waals surface area contributed by atoms with Gasteiger partial charge in [0.15, 0.2) is 0 Å². The standard InChI is InChI=1S/C6H10O2.2Hg.2NO2/c1-5-3-8-6(2)4-7-5;;;2*2-1-3/h5-6H,1-4H2;;;;. The predicted octanol–water partition coefficient (Wildman–Crippen LogP) is 0.155. The van der Waals surface area contributed by atoms with E-state index in [4.69, 9.17) is 9.47 Å². The molecule has 1 saturated heterocycles. The molecule has 1 rings (SSSR count). The summed E-state index contributed by atoms with van der Waals surface area (Å²) in [7, 11) is 0. The third-order valence-corrected chi connectivity index (χ3v) is 12.2. The SMILES string of the molecule is O=[N+]([O-])[Hg][CH2]C1COC([CH2][Hg][N+](=O)[O-])CO1. The Morgan fingerprint density at radius 2 is 1.38 bits per heavy atom. The van der Waals surface area contributed by atoms with E-state index in [1.807, 2.05) is 0 Å². The molecule has 1 aliphatic rings. The van der Waals surface area contributed by atoms with E-state index < -0.39 is 49.8 Å². The predicted molar refractivity (Wildman–Crippen MR) is 43.1 cm³/mol. The van der Waals surface area contributed by atoms with E-state index in [2.05, 4.69) is 0 Å². The molecule has 16 heavy (non-hydrogen) atoms. The van der Waals surface area contributed by atoms with E-state index in [1.54, 1.807) is 0 Å². The van der Waals surface area contributed by atoms with Crippen molar-refractivity contribution in [1.29, 1.82) is 0 Å². The van der Waals surface area contributed by atoms with E-state index in [1.165, 1.54) is 0 Å². The Bertz CT molecular complexity index is 231. The molecule has 0 aromatic rings. The molecule has 1 aliphatic heterocycles. The summed E-state index contributed by atoms with van der Waals surface area (Å²) in [4.78, 5) is 20.5. The van der Waals surface area contributed by atoms with E-state index in [0.29, 0.717) is 21.1 Å². The van der Waals surface area contributed by atoms with Crippen molar-refractivity contribution in [2.24, 2.45) is 0 Å². The van der Waals surface area contributed by atoms with Crippen molar-refractivity contribution in [1.82, 2.24) is 0 Å². The fraction of sp³-hybridized carbons (Fsp3) is 1.00. The molecule has 0 radical (unpaired) electrons. The van der Waals surface area contributed by atoms with Crippen LogP contribution >= 0.6 is 0 Å². The van der Waals surface area contributed by atoms with E-state index in [9.17, 15) is 20.2 Å². The summed E-state index contributed by atoms with van der Waals surface area (Å²) in [5, 5.41) is 20.5. The molecular weight excluding hydrogens is 597 g/mol. The Morgan fingerprint density at radius 3 is 1.62 bits per heavy atom. The van der Waals surface area contributed by atoms with Gasteiger partial charge in [-0.1, -0.05) is 0 Å². The first-order valence-corrected chi connectivity index (χ1v) is 17.7. The first kappa shape index (κ1) is 14.7. The van der Waals surface area contributed by atoms with Gasteiger partial charge in [0.05, 0.1) is 0 Å². The summed E-state index contributed by atoms with van der Waals surface area (Å²) in [6.07, 6.45) is -0.286. The summed E-state index contributed by atoms with van der Waals surface area (Å²) in [5.74, 6) is 0. The molecule has 1 fully saturated rings. The van der Waals surface area contributed by atoms with Gasteiger partial charge in [-0.05, 0) is 0 Å². The van der Waals surface area contributed by atoms with Gasteiger partial charge in [-0.15, -0.1) is 0 Å². The van der Waals surface area contributed by atoms with E-state index in [0.717, 1.165) is 0 Å². The first-order valence-electron chi connectivity index (χ1n) is 5.04. The first-order chi connectivity index (χ1) is 7.58. The molecule has 1 heterocycles. The van der Waals surface area contributed by atoms with Crippen LogP contribution in [0.25, 0.3) is 0 Å². The minimum absolute atomic E-state index is 0.143. The van der Waals surface area contributed by atoms with Crippen LogP contribution in [0.3, 0.4) is 0 Å². The van der Waals surface area contributed by atoms with Crippen molar-refractivity contribution in [3.63, 3.8) is 0 Å². The number of hydrogen-bond donors (Lipinski definition) is 0. The Hall–Kier alpha value is 0.590. The second-order valence-electron chi connectivity index (χ2n) is 3.60. The van der Waals surface area contributed by atoms with Crippen molar-refractivity contribution in [3.05, 3.63) is 20.2 Å².